The highest BCUT2D eigenvalue weighted by Crippen LogP contribution is 2.09. The number of hydrogen-bond donors (Lipinski definition) is 1. The summed E-state index contributed by atoms with van der Waals surface area (Å²) in [7, 11) is 0. The number of carboxylic acid groups (broad SMARTS) is 1. The average Bonchev–Trinajstić information content (AvgIpc) is 2.17. The summed E-state index contributed by atoms with van der Waals surface area (Å²) in [6.45, 7) is 4.38. The smallest absolute Gasteiger partial charge is 0.303 e. The quantitative estimate of drug-likeness (QED) is 0.489. The average molecular weight is 210 g/mol. The number of rotatable bonds is 8. The number of carbonyl (C=O) groups is 1. The monoisotopic (exact) mass is 210 g/mol. The topological polar surface area (TPSA) is 37.3 Å². The summed E-state index contributed by atoms with van der Waals surface area (Å²) in [6.07, 6.45) is 9.64. The van der Waals surface area contributed by atoms with E-state index in [9.17, 15) is 4.79 Å². The lowest BCUT2D eigenvalue weighted by Crippen LogP contribution is -1.91. The van der Waals surface area contributed by atoms with E-state index in [0.717, 1.165) is 0 Å². The first kappa shape index (κ1) is 14.0. The molecule has 0 aliphatic heterocycles. The van der Waals surface area contributed by atoms with Crippen molar-refractivity contribution in [3.8, 4) is 0 Å². The van der Waals surface area contributed by atoms with E-state index in [4.69, 9.17) is 5.11 Å². The summed E-state index contributed by atoms with van der Waals surface area (Å²) >= 11 is 0. The Kier molecular flexibility index (Phi) is 8.90. The molecule has 1 N–H and O–H groups in total. The van der Waals surface area contributed by atoms with Crippen LogP contribution in [0.25, 0.3) is 0 Å². The van der Waals surface area contributed by atoms with Crippen molar-refractivity contribution in [1.82, 2.24) is 0 Å². The molecule has 0 heterocycles. The van der Waals surface area contributed by atoms with Crippen molar-refractivity contribution in [2.75, 3.05) is 0 Å². The van der Waals surface area contributed by atoms with Crippen molar-refractivity contribution in [3.05, 3.63) is 17.9 Å². The van der Waals surface area contributed by atoms with Crippen molar-refractivity contribution < 1.29 is 9.90 Å². The summed E-state index contributed by atoms with van der Waals surface area (Å²) in [6, 6.07) is 0. The summed E-state index contributed by atoms with van der Waals surface area (Å²) in [4.78, 5) is 10.2. The van der Waals surface area contributed by atoms with Gasteiger partial charge in [-0.15, -0.1) is 5.73 Å². The zero-order valence-electron chi connectivity index (χ0n) is 9.83. The highest BCUT2D eigenvalue weighted by molar-refractivity contribution is 5.66. The fourth-order valence-corrected chi connectivity index (χ4v) is 1.31. The van der Waals surface area contributed by atoms with Crippen LogP contribution in [0.2, 0.25) is 0 Å². The van der Waals surface area contributed by atoms with Crippen molar-refractivity contribution in [2.24, 2.45) is 5.92 Å². The van der Waals surface area contributed by atoms with Gasteiger partial charge in [0.1, 0.15) is 0 Å². The molecule has 1 atom stereocenters. The zero-order valence-corrected chi connectivity index (χ0v) is 9.83. The van der Waals surface area contributed by atoms with Crippen molar-refractivity contribution in [2.45, 2.75) is 52.4 Å². The molecule has 0 aliphatic carbocycles. The largest absolute Gasteiger partial charge is 0.481 e. The minimum absolute atomic E-state index is 0.199. The number of unbranched alkanes of at least 4 members (excludes halogenated alkanes) is 2. The molecule has 2 heteroatoms. The minimum atomic E-state index is -0.746. The standard InChI is InChI=1S/C13H22O2/c1-3-4-6-9-12(2)10-7-5-8-11-13(14)15/h5,10,12H,3-4,6,8-9,11H2,1-2H3,(H,14,15). The lowest BCUT2D eigenvalue weighted by atomic mass is 10.0. The zero-order chi connectivity index (χ0) is 11.5. The van der Waals surface area contributed by atoms with Crippen molar-refractivity contribution in [3.63, 3.8) is 0 Å². The Bertz CT molecular complexity index is 225. The predicted octanol–water partition coefficient (Wildman–Crippen LogP) is 3.78. The van der Waals surface area contributed by atoms with Crippen LogP contribution in [0.1, 0.15) is 52.4 Å². The van der Waals surface area contributed by atoms with Gasteiger partial charge in [0.05, 0.1) is 0 Å². The molecule has 1 unspecified atom stereocenters. The van der Waals surface area contributed by atoms with E-state index in [2.05, 4.69) is 19.6 Å². The number of allylic oxidation sites excluding steroid dienone is 1. The Morgan fingerprint density at radius 3 is 2.80 bits per heavy atom. The van der Waals surface area contributed by atoms with E-state index < -0.39 is 5.97 Å². The third-order valence-electron chi connectivity index (χ3n) is 2.26. The van der Waals surface area contributed by atoms with Gasteiger partial charge in [0.15, 0.2) is 0 Å². The molecule has 86 valence electrons. The van der Waals surface area contributed by atoms with Crippen LogP contribution in [0.3, 0.4) is 0 Å². The lowest BCUT2D eigenvalue weighted by Gasteiger charge is -2.02. The molecule has 0 radical (unpaired) electrons. The van der Waals surface area contributed by atoms with Gasteiger partial charge in [-0.2, -0.15) is 0 Å². The second-order valence-corrected chi connectivity index (χ2v) is 3.94. The van der Waals surface area contributed by atoms with Gasteiger partial charge in [0, 0.05) is 6.42 Å². The fraction of sp³-hybridized carbons (Fsp3) is 0.692. The van der Waals surface area contributed by atoms with Gasteiger partial charge >= 0.3 is 5.97 Å². The number of carboxylic acids is 1. The molecule has 0 aliphatic rings. The van der Waals surface area contributed by atoms with E-state index >= 15 is 0 Å². The summed E-state index contributed by atoms with van der Waals surface area (Å²) in [5.74, 6) is -0.193. The van der Waals surface area contributed by atoms with Gasteiger partial charge in [-0.05, 0) is 30.9 Å². The van der Waals surface area contributed by atoms with Crippen molar-refractivity contribution >= 4 is 5.97 Å². The lowest BCUT2D eigenvalue weighted by molar-refractivity contribution is -0.136. The van der Waals surface area contributed by atoms with E-state index in [1.165, 1.54) is 25.7 Å². The van der Waals surface area contributed by atoms with E-state index in [1.54, 1.807) is 0 Å². The molecular weight excluding hydrogens is 188 g/mol. The first-order valence-corrected chi connectivity index (χ1v) is 5.79. The minimum Gasteiger partial charge on any atom is -0.481 e. The van der Waals surface area contributed by atoms with Crippen LogP contribution in [-0.2, 0) is 4.79 Å². The third kappa shape index (κ3) is 10.9. The molecule has 15 heavy (non-hydrogen) atoms. The van der Waals surface area contributed by atoms with Crippen LogP contribution < -0.4 is 0 Å². The molecule has 0 amide bonds. The molecule has 0 aromatic carbocycles. The summed E-state index contributed by atoms with van der Waals surface area (Å²) in [5, 5.41) is 8.41. The third-order valence-corrected chi connectivity index (χ3v) is 2.26. The molecule has 0 aromatic heterocycles. The van der Waals surface area contributed by atoms with Gasteiger partial charge in [-0.3, -0.25) is 4.79 Å². The Hall–Kier alpha value is -1.01. The maximum atomic E-state index is 10.2. The predicted molar refractivity (Wildman–Crippen MR) is 62.8 cm³/mol. The second kappa shape index (κ2) is 9.54. The summed E-state index contributed by atoms with van der Waals surface area (Å²) in [5.41, 5.74) is 3.05. The van der Waals surface area contributed by atoms with Crippen molar-refractivity contribution in [1.29, 1.82) is 0 Å². The molecule has 0 aromatic rings. The number of hydrogen-bond acceptors (Lipinski definition) is 1. The van der Waals surface area contributed by atoms with Crippen LogP contribution in [0.5, 0.6) is 0 Å². The van der Waals surface area contributed by atoms with Crippen LogP contribution in [-0.4, -0.2) is 11.1 Å². The highest BCUT2D eigenvalue weighted by Gasteiger charge is 1.95. The molecule has 0 saturated carbocycles. The molecule has 0 rings (SSSR count). The molecule has 0 spiro atoms. The molecule has 0 saturated heterocycles. The van der Waals surface area contributed by atoms with Crippen LogP contribution in [0.15, 0.2) is 17.9 Å². The molecule has 2 nitrogen and oxygen atoms in total. The Morgan fingerprint density at radius 2 is 2.20 bits per heavy atom. The van der Waals surface area contributed by atoms with Crippen LogP contribution >= 0.6 is 0 Å². The van der Waals surface area contributed by atoms with Gasteiger partial charge in [0.2, 0.25) is 0 Å². The first-order valence-electron chi connectivity index (χ1n) is 5.79. The first-order chi connectivity index (χ1) is 7.16. The number of aliphatic carboxylic acids is 1. The Morgan fingerprint density at radius 1 is 1.47 bits per heavy atom. The molecule has 0 fully saturated rings. The van der Waals surface area contributed by atoms with Gasteiger partial charge < -0.3 is 5.11 Å². The van der Waals surface area contributed by atoms with Gasteiger partial charge in [0.25, 0.3) is 0 Å². The van der Waals surface area contributed by atoms with Gasteiger partial charge in [-0.25, -0.2) is 0 Å². The van der Waals surface area contributed by atoms with Crippen LogP contribution in [0.4, 0.5) is 0 Å². The van der Waals surface area contributed by atoms with Crippen LogP contribution in [0, 0.1) is 5.92 Å². The summed E-state index contributed by atoms with van der Waals surface area (Å²) < 4.78 is 0. The van der Waals surface area contributed by atoms with E-state index in [-0.39, 0.29) is 6.42 Å². The van der Waals surface area contributed by atoms with Gasteiger partial charge in [-0.1, -0.05) is 33.1 Å². The maximum Gasteiger partial charge on any atom is 0.303 e. The Balaban J connectivity index is 3.59. The highest BCUT2D eigenvalue weighted by atomic mass is 16.4. The normalized spacial score (nSPS) is 11.6. The van der Waals surface area contributed by atoms with E-state index in [1.807, 2.05) is 12.2 Å². The SMILES string of the molecule is CCCCCC(C)C=C=CCCC(=O)O. The fourth-order valence-electron chi connectivity index (χ4n) is 1.31. The maximum absolute atomic E-state index is 10.2. The molecular formula is C13H22O2. The Labute approximate surface area is 92.7 Å². The van der Waals surface area contributed by atoms with E-state index in [0.29, 0.717) is 12.3 Å². The second-order valence-electron chi connectivity index (χ2n) is 3.94. The molecule has 0 bridgehead atoms.